The van der Waals surface area contributed by atoms with Crippen LogP contribution in [-0.4, -0.2) is 33.3 Å². The van der Waals surface area contributed by atoms with Crippen molar-refractivity contribution in [3.63, 3.8) is 0 Å². The highest BCUT2D eigenvalue weighted by molar-refractivity contribution is 7.99. The lowest BCUT2D eigenvalue weighted by atomic mass is 9.90. The number of hydrogen-bond donors (Lipinski definition) is 2. The summed E-state index contributed by atoms with van der Waals surface area (Å²) >= 11 is 3.11. The lowest BCUT2D eigenvalue weighted by molar-refractivity contribution is 0.414. The fourth-order valence-electron chi connectivity index (χ4n) is 5.93. The first kappa shape index (κ1) is 33.5. The number of hydrogen-bond acceptors (Lipinski definition) is 5. The molecule has 4 aromatic rings. The molecule has 0 unspecified atom stereocenters. The van der Waals surface area contributed by atoms with Gasteiger partial charge in [-0.2, -0.15) is 0 Å². The molecule has 0 amide bonds. The van der Waals surface area contributed by atoms with Crippen molar-refractivity contribution in [2.75, 3.05) is 33.3 Å². The second-order valence-corrected chi connectivity index (χ2v) is 13.8. The van der Waals surface area contributed by atoms with Crippen molar-refractivity contribution in [3.8, 4) is 5.75 Å². The lowest BCUT2D eigenvalue weighted by Gasteiger charge is -2.25. The van der Waals surface area contributed by atoms with Gasteiger partial charge in [-0.1, -0.05) is 41.7 Å². The first-order valence-corrected chi connectivity index (χ1v) is 17.2. The predicted octanol–water partition coefficient (Wildman–Crippen LogP) is 9.65. The van der Waals surface area contributed by atoms with E-state index in [2.05, 4.69) is 23.6 Å². The Morgan fingerprint density at radius 2 is 1.16 bits per heavy atom. The molecule has 2 aliphatic heterocycles. The topological polar surface area (TPSA) is 33.3 Å². The second-order valence-electron chi connectivity index (χ2n) is 11.6. The summed E-state index contributed by atoms with van der Waals surface area (Å²) in [4.78, 5) is 3.93. The fraction of sp³-hybridized carbons (Fsp3) is 0.351. The Bertz CT molecular complexity index is 1590. The number of methoxy groups -OCH3 is 1. The molecule has 6 rings (SSSR count). The molecule has 2 heterocycles. The van der Waals surface area contributed by atoms with Gasteiger partial charge in [0.25, 0.3) is 0 Å². The van der Waals surface area contributed by atoms with Gasteiger partial charge in [0.05, 0.1) is 7.11 Å². The zero-order chi connectivity index (χ0) is 31.8. The number of benzene rings is 4. The minimum absolute atomic E-state index is 0.170. The van der Waals surface area contributed by atoms with Crippen molar-refractivity contribution in [1.82, 2.24) is 10.6 Å². The van der Waals surface area contributed by atoms with Gasteiger partial charge in [0, 0.05) is 19.6 Å². The summed E-state index contributed by atoms with van der Waals surface area (Å²) < 4.78 is 46.5. The van der Waals surface area contributed by atoms with E-state index >= 15 is 0 Å². The molecule has 3 nitrogen and oxygen atoms in total. The van der Waals surface area contributed by atoms with Crippen LogP contribution >= 0.6 is 23.5 Å². The van der Waals surface area contributed by atoms with Crippen LogP contribution in [-0.2, 0) is 0 Å². The standard InChI is InChI=1S/C19H22FNOS.C18H19F2NS/c1-13-11-16(22-2)4-6-18(13)23-19-12-15(20)3-5-17(19)14-7-9-21-10-8-14;1-12-16(20)3-2-4-17(12)22-18-11-14(19)5-6-15(18)13-7-9-21-10-8-13/h3-6,11-12,14,21H,7-10H2,1-2H3;2-6,11,13,21H,7-10H2,1H3. The maximum atomic E-state index is 13.8. The monoisotopic (exact) mass is 650 g/mol. The van der Waals surface area contributed by atoms with Crippen LogP contribution in [0.25, 0.3) is 0 Å². The molecular weight excluding hydrogens is 610 g/mol. The lowest BCUT2D eigenvalue weighted by Crippen LogP contribution is -2.26. The Kier molecular flexibility index (Phi) is 12.0. The zero-order valence-electron chi connectivity index (χ0n) is 26.1. The third-order valence-corrected chi connectivity index (χ3v) is 11.0. The molecule has 4 aromatic carbocycles. The molecule has 0 atom stereocenters. The van der Waals surface area contributed by atoms with Gasteiger partial charge in [-0.15, -0.1) is 0 Å². The van der Waals surface area contributed by atoms with Crippen molar-refractivity contribution >= 4 is 23.5 Å². The number of halogens is 3. The summed E-state index contributed by atoms with van der Waals surface area (Å²) in [6, 6.07) is 21.3. The van der Waals surface area contributed by atoms with Gasteiger partial charge in [-0.3, -0.25) is 0 Å². The van der Waals surface area contributed by atoms with Gasteiger partial charge in [0.1, 0.15) is 23.2 Å². The summed E-state index contributed by atoms with van der Waals surface area (Å²) in [5, 5.41) is 6.74. The number of rotatable bonds is 7. The van der Waals surface area contributed by atoms with Crippen LogP contribution in [0.3, 0.4) is 0 Å². The number of aryl methyl sites for hydroxylation is 1. The molecule has 0 aromatic heterocycles. The van der Waals surface area contributed by atoms with E-state index in [9.17, 15) is 13.2 Å². The molecule has 45 heavy (non-hydrogen) atoms. The maximum Gasteiger partial charge on any atom is 0.127 e. The molecule has 2 aliphatic rings. The third-order valence-electron chi connectivity index (χ3n) is 8.55. The molecule has 0 saturated carbocycles. The Morgan fingerprint density at radius 1 is 0.622 bits per heavy atom. The van der Waals surface area contributed by atoms with Crippen LogP contribution in [0.15, 0.2) is 92.4 Å². The van der Waals surface area contributed by atoms with Gasteiger partial charge in [0.15, 0.2) is 0 Å². The van der Waals surface area contributed by atoms with Crippen LogP contribution in [0, 0.1) is 31.3 Å². The Balaban J connectivity index is 0.000000178. The summed E-state index contributed by atoms with van der Waals surface area (Å²) in [5.74, 6) is 1.18. The van der Waals surface area contributed by atoms with E-state index in [4.69, 9.17) is 4.74 Å². The van der Waals surface area contributed by atoms with Gasteiger partial charge in [-0.05, 0) is 154 Å². The van der Waals surface area contributed by atoms with Crippen molar-refractivity contribution in [3.05, 3.63) is 113 Å². The Morgan fingerprint density at radius 3 is 1.67 bits per heavy atom. The van der Waals surface area contributed by atoms with E-state index in [1.165, 1.54) is 35.0 Å². The highest BCUT2D eigenvalue weighted by atomic mass is 32.2. The molecule has 0 spiro atoms. The molecular formula is C37H41F3N2OS2. The molecule has 0 bridgehead atoms. The van der Waals surface area contributed by atoms with Crippen molar-refractivity contribution in [2.24, 2.45) is 0 Å². The summed E-state index contributed by atoms with van der Waals surface area (Å²) in [5.41, 5.74) is 4.22. The van der Waals surface area contributed by atoms with Crippen LogP contribution in [0.1, 0.15) is 59.8 Å². The van der Waals surface area contributed by atoms with Gasteiger partial charge in [-0.25, -0.2) is 13.2 Å². The average Bonchev–Trinajstić information content (AvgIpc) is 3.05. The van der Waals surface area contributed by atoms with Crippen LogP contribution in [0.4, 0.5) is 13.2 Å². The largest absolute Gasteiger partial charge is 0.497 e. The SMILES string of the molecule is COc1ccc(Sc2cc(F)ccc2C2CCNCC2)c(C)c1.Cc1c(F)cccc1Sc1cc(F)ccc1C1CCNCC1. The second kappa shape index (κ2) is 16.1. The molecule has 2 N–H and O–H groups in total. The van der Waals surface area contributed by atoms with Gasteiger partial charge >= 0.3 is 0 Å². The van der Waals surface area contributed by atoms with Crippen molar-refractivity contribution < 1.29 is 17.9 Å². The number of ether oxygens (including phenoxy) is 1. The van der Waals surface area contributed by atoms with E-state index in [-0.39, 0.29) is 17.5 Å². The van der Waals surface area contributed by atoms with Crippen molar-refractivity contribution in [1.29, 1.82) is 0 Å². The average molecular weight is 651 g/mol. The first-order chi connectivity index (χ1) is 21.8. The molecule has 2 saturated heterocycles. The Labute approximate surface area is 273 Å². The zero-order valence-corrected chi connectivity index (χ0v) is 27.7. The van der Waals surface area contributed by atoms with Gasteiger partial charge < -0.3 is 15.4 Å². The summed E-state index contributed by atoms with van der Waals surface area (Å²) in [6.07, 6.45) is 4.34. The minimum atomic E-state index is -0.241. The normalized spacial score (nSPS) is 15.8. The molecule has 238 valence electrons. The van der Waals surface area contributed by atoms with E-state index in [1.807, 2.05) is 30.3 Å². The highest BCUT2D eigenvalue weighted by Crippen LogP contribution is 2.40. The number of nitrogens with one attached hydrogen (secondary N) is 2. The van der Waals surface area contributed by atoms with Gasteiger partial charge in [0.2, 0.25) is 0 Å². The van der Waals surface area contributed by atoms with E-state index in [0.29, 0.717) is 17.4 Å². The number of piperidine rings is 2. The summed E-state index contributed by atoms with van der Waals surface area (Å²) in [7, 11) is 1.67. The maximum absolute atomic E-state index is 13.8. The molecule has 0 aliphatic carbocycles. The highest BCUT2D eigenvalue weighted by Gasteiger charge is 2.21. The van der Waals surface area contributed by atoms with E-state index < -0.39 is 0 Å². The first-order valence-electron chi connectivity index (χ1n) is 15.6. The van der Waals surface area contributed by atoms with Crippen LogP contribution in [0.5, 0.6) is 5.75 Å². The van der Waals surface area contributed by atoms with Crippen molar-refractivity contribution in [2.45, 2.75) is 70.9 Å². The van der Waals surface area contributed by atoms with E-state index in [1.54, 1.807) is 50.1 Å². The fourth-order valence-corrected chi connectivity index (χ4v) is 8.21. The van der Waals surface area contributed by atoms with Crippen LogP contribution in [0.2, 0.25) is 0 Å². The third kappa shape index (κ3) is 8.88. The van der Waals surface area contributed by atoms with Crippen LogP contribution < -0.4 is 15.4 Å². The summed E-state index contributed by atoms with van der Waals surface area (Å²) in [6.45, 7) is 7.88. The van der Waals surface area contributed by atoms with E-state index in [0.717, 1.165) is 82.8 Å². The quantitative estimate of drug-likeness (QED) is 0.208. The minimum Gasteiger partial charge on any atom is -0.497 e. The predicted molar refractivity (Wildman–Crippen MR) is 180 cm³/mol. The smallest absolute Gasteiger partial charge is 0.127 e. The molecule has 2 fully saturated rings. The molecule has 8 heteroatoms. The Hall–Kier alpha value is -2.91. The molecule has 0 radical (unpaired) electrons.